The normalized spacial score (nSPS) is 22.6. The summed E-state index contributed by atoms with van der Waals surface area (Å²) in [7, 11) is 1.71. The molecule has 1 fully saturated rings. The summed E-state index contributed by atoms with van der Waals surface area (Å²) in [5.41, 5.74) is 0.0395. The van der Waals surface area contributed by atoms with Gasteiger partial charge in [-0.25, -0.2) is 8.78 Å². The lowest BCUT2D eigenvalue weighted by atomic mass is 10.1. The van der Waals surface area contributed by atoms with E-state index in [4.69, 9.17) is 0 Å². The molecule has 18 heavy (non-hydrogen) atoms. The third-order valence-corrected chi connectivity index (χ3v) is 3.36. The molecule has 1 amide bonds. The van der Waals surface area contributed by atoms with Crippen molar-refractivity contribution in [2.24, 2.45) is 0 Å². The summed E-state index contributed by atoms with van der Waals surface area (Å²) in [4.78, 5) is 13.6. The molecule has 1 aromatic carbocycles. The number of hydrogen-bond acceptors (Lipinski definition) is 2. The average Bonchev–Trinajstić information content (AvgIpc) is 2.41. The second kappa shape index (κ2) is 4.31. The highest BCUT2D eigenvalue weighted by molar-refractivity contribution is 5.85. The first kappa shape index (κ1) is 13.0. The zero-order valence-electron chi connectivity index (χ0n) is 10.6. The van der Waals surface area contributed by atoms with E-state index in [1.165, 1.54) is 12.1 Å². The molecule has 1 saturated heterocycles. The molecule has 1 heterocycles. The Morgan fingerprint density at radius 1 is 1.28 bits per heavy atom. The van der Waals surface area contributed by atoms with Gasteiger partial charge in [0.05, 0.1) is 11.7 Å². The average molecular weight is 254 g/mol. The summed E-state index contributed by atoms with van der Waals surface area (Å²) >= 11 is 0. The molecule has 0 aromatic heterocycles. The second-order valence-corrected chi connectivity index (χ2v) is 5.14. The van der Waals surface area contributed by atoms with Gasteiger partial charge in [0.1, 0.15) is 11.6 Å². The largest absolute Gasteiger partial charge is 0.327 e. The van der Waals surface area contributed by atoms with Crippen LogP contribution in [0.5, 0.6) is 0 Å². The van der Waals surface area contributed by atoms with Crippen LogP contribution in [-0.4, -0.2) is 29.6 Å². The van der Waals surface area contributed by atoms with Crippen LogP contribution in [0.25, 0.3) is 0 Å². The van der Waals surface area contributed by atoms with Gasteiger partial charge in [0.25, 0.3) is 0 Å². The van der Waals surface area contributed by atoms with Crippen LogP contribution >= 0.6 is 0 Å². The number of likely N-dealkylation sites (N-methyl/N-ethyl adjacent to an activating group) is 1. The van der Waals surface area contributed by atoms with Crippen LogP contribution < -0.4 is 5.32 Å². The van der Waals surface area contributed by atoms with Gasteiger partial charge in [0, 0.05) is 13.1 Å². The number of nitrogens with one attached hydrogen (secondary N) is 1. The SMILES string of the molecule is CN1C(=O)[C@H](Cc2cc(F)cc(F)c2)NC1(C)C. The number of amides is 1. The monoisotopic (exact) mass is 254 g/mol. The number of benzene rings is 1. The quantitative estimate of drug-likeness (QED) is 0.870. The molecule has 2 rings (SSSR count). The lowest BCUT2D eigenvalue weighted by Crippen LogP contribution is -2.45. The topological polar surface area (TPSA) is 32.3 Å². The van der Waals surface area contributed by atoms with Crippen LogP contribution in [0, 0.1) is 11.6 Å². The van der Waals surface area contributed by atoms with Crippen molar-refractivity contribution >= 4 is 5.91 Å². The Balaban J connectivity index is 2.18. The molecule has 1 N–H and O–H groups in total. The summed E-state index contributed by atoms with van der Waals surface area (Å²) in [5, 5.41) is 3.15. The van der Waals surface area contributed by atoms with Gasteiger partial charge >= 0.3 is 0 Å². The van der Waals surface area contributed by atoms with Crippen molar-refractivity contribution < 1.29 is 13.6 Å². The maximum Gasteiger partial charge on any atom is 0.241 e. The Bertz CT molecular complexity index is 468. The van der Waals surface area contributed by atoms with E-state index in [-0.39, 0.29) is 12.3 Å². The van der Waals surface area contributed by atoms with Gasteiger partial charge in [-0.2, -0.15) is 0 Å². The molecular weight excluding hydrogens is 238 g/mol. The van der Waals surface area contributed by atoms with Crippen LogP contribution in [0.3, 0.4) is 0 Å². The zero-order valence-corrected chi connectivity index (χ0v) is 10.6. The fourth-order valence-corrected chi connectivity index (χ4v) is 2.20. The minimum Gasteiger partial charge on any atom is -0.327 e. The van der Waals surface area contributed by atoms with E-state index in [9.17, 15) is 13.6 Å². The van der Waals surface area contributed by atoms with Crippen molar-refractivity contribution in [1.82, 2.24) is 10.2 Å². The third kappa shape index (κ3) is 2.36. The second-order valence-electron chi connectivity index (χ2n) is 5.14. The molecule has 0 radical (unpaired) electrons. The maximum absolute atomic E-state index is 13.1. The van der Waals surface area contributed by atoms with E-state index in [2.05, 4.69) is 5.32 Å². The molecule has 0 spiro atoms. The predicted molar refractivity (Wildman–Crippen MR) is 63.8 cm³/mol. The van der Waals surface area contributed by atoms with Crippen LogP contribution in [0.15, 0.2) is 18.2 Å². The molecule has 3 nitrogen and oxygen atoms in total. The Kier molecular flexibility index (Phi) is 3.11. The first-order valence-corrected chi connectivity index (χ1v) is 5.80. The van der Waals surface area contributed by atoms with Gasteiger partial charge in [-0.05, 0) is 38.0 Å². The minimum absolute atomic E-state index is 0.0651. The summed E-state index contributed by atoms with van der Waals surface area (Å²) in [5.74, 6) is -1.31. The number of nitrogens with zero attached hydrogens (tertiary/aromatic N) is 1. The van der Waals surface area contributed by atoms with E-state index < -0.39 is 23.3 Å². The van der Waals surface area contributed by atoms with Crippen molar-refractivity contribution in [3.8, 4) is 0 Å². The Morgan fingerprint density at radius 3 is 2.28 bits per heavy atom. The number of carbonyl (C=O) groups is 1. The van der Waals surface area contributed by atoms with Gasteiger partial charge in [0.2, 0.25) is 5.91 Å². The molecule has 0 saturated carbocycles. The lowest BCUT2D eigenvalue weighted by molar-refractivity contribution is -0.129. The molecule has 1 aromatic rings. The lowest BCUT2D eigenvalue weighted by Gasteiger charge is -2.27. The Hall–Kier alpha value is -1.49. The van der Waals surface area contributed by atoms with E-state index >= 15 is 0 Å². The third-order valence-electron chi connectivity index (χ3n) is 3.36. The van der Waals surface area contributed by atoms with E-state index in [0.29, 0.717) is 5.56 Å². The van der Waals surface area contributed by atoms with Gasteiger partial charge in [-0.1, -0.05) is 0 Å². The first-order valence-electron chi connectivity index (χ1n) is 5.80. The smallest absolute Gasteiger partial charge is 0.241 e. The number of rotatable bonds is 2. The zero-order chi connectivity index (χ0) is 13.5. The first-order chi connectivity index (χ1) is 8.29. The van der Waals surface area contributed by atoms with E-state index in [0.717, 1.165) is 6.07 Å². The highest BCUT2D eigenvalue weighted by atomic mass is 19.1. The predicted octanol–water partition coefficient (Wildman–Crippen LogP) is 1.67. The molecule has 1 aliphatic rings. The summed E-state index contributed by atoms with van der Waals surface area (Å²) < 4.78 is 26.1. The standard InChI is InChI=1S/C13H16F2N2O/c1-13(2)16-11(12(18)17(13)3)6-8-4-9(14)7-10(15)5-8/h4-5,7,11,16H,6H2,1-3H3/t11-/m0/s1. The van der Waals surface area contributed by atoms with Crippen molar-refractivity contribution in [3.05, 3.63) is 35.4 Å². The molecule has 1 atom stereocenters. The van der Waals surface area contributed by atoms with E-state index in [1.54, 1.807) is 11.9 Å². The molecule has 1 aliphatic heterocycles. The molecule has 0 unspecified atom stereocenters. The number of carbonyl (C=O) groups excluding carboxylic acids is 1. The highest BCUT2D eigenvalue weighted by Crippen LogP contribution is 2.21. The van der Waals surface area contributed by atoms with Crippen LogP contribution in [0.1, 0.15) is 19.4 Å². The minimum atomic E-state index is -0.622. The van der Waals surface area contributed by atoms with Gasteiger partial charge in [-0.3, -0.25) is 10.1 Å². The molecule has 98 valence electrons. The number of halogens is 2. The van der Waals surface area contributed by atoms with Crippen molar-refractivity contribution in [2.75, 3.05) is 7.05 Å². The fraction of sp³-hybridized carbons (Fsp3) is 0.462. The summed E-state index contributed by atoms with van der Waals surface area (Å²) in [6, 6.07) is 2.89. The van der Waals surface area contributed by atoms with Crippen LogP contribution in [0.2, 0.25) is 0 Å². The summed E-state index contributed by atoms with van der Waals surface area (Å²) in [6.07, 6.45) is 0.279. The fourth-order valence-electron chi connectivity index (χ4n) is 2.20. The maximum atomic E-state index is 13.1. The Morgan fingerprint density at radius 2 is 1.83 bits per heavy atom. The van der Waals surface area contributed by atoms with Crippen molar-refractivity contribution in [2.45, 2.75) is 32.0 Å². The van der Waals surface area contributed by atoms with Gasteiger partial charge in [-0.15, -0.1) is 0 Å². The molecule has 5 heteroatoms. The Labute approximate surface area is 105 Å². The highest BCUT2D eigenvalue weighted by Gasteiger charge is 2.41. The van der Waals surface area contributed by atoms with Gasteiger partial charge < -0.3 is 4.90 Å². The van der Waals surface area contributed by atoms with E-state index in [1.807, 2.05) is 13.8 Å². The van der Waals surface area contributed by atoms with Crippen molar-refractivity contribution in [1.29, 1.82) is 0 Å². The summed E-state index contributed by atoms with van der Waals surface area (Å²) in [6.45, 7) is 3.77. The van der Waals surface area contributed by atoms with Crippen molar-refractivity contribution in [3.63, 3.8) is 0 Å². The number of hydrogen-bond donors (Lipinski definition) is 1. The molecule has 0 aliphatic carbocycles. The van der Waals surface area contributed by atoms with Crippen LogP contribution in [0.4, 0.5) is 8.78 Å². The molecular formula is C13H16F2N2O. The van der Waals surface area contributed by atoms with Crippen LogP contribution in [-0.2, 0) is 11.2 Å². The van der Waals surface area contributed by atoms with Gasteiger partial charge in [0.15, 0.2) is 0 Å². The molecule has 0 bridgehead atoms.